The van der Waals surface area contributed by atoms with E-state index in [4.69, 9.17) is 9.47 Å². The second kappa shape index (κ2) is 8.64. The minimum Gasteiger partial charge on any atom is -0.493 e. The van der Waals surface area contributed by atoms with Gasteiger partial charge >= 0.3 is 6.03 Å². The number of benzene rings is 2. The zero-order chi connectivity index (χ0) is 21.8. The van der Waals surface area contributed by atoms with Crippen LogP contribution in [-0.2, 0) is 11.4 Å². The third kappa shape index (κ3) is 4.24. The Balaban J connectivity index is 2.06. The maximum atomic E-state index is 12.2. The lowest BCUT2D eigenvalue weighted by Gasteiger charge is -2.28. The van der Waals surface area contributed by atoms with E-state index in [9.17, 15) is 19.7 Å². The number of carbonyl (C=O) groups is 2. The molecule has 3 rings (SSSR count). The van der Waals surface area contributed by atoms with Gasteiger partial charge < -0.3 is 20.1 Å². The molecule has 0 unspecified atom stereocenters. The number of rotatable bonds is 7. The van der Waals surface area contributed by atoms with Crippen molar-refractivity contribution in [1.29, 1.82) is 0 Å². The van der Waals surface area contributed by atoms with Crippen molar-refractivity contribution >= 4 is 17.5 Å². The molecule has 1 aliphatic heterocycles. The normalized spacial score (nSPS) is 15.8. The van der Waals surface area contributed by atoms with Crippen molar-refractivity contribution in [3.63, 3.8) is 0 Å². The zero-order valence-corrected chi connectivity index (χ0v) is 16.7. The van der Waals surface area contributed by atoms with E-state index >= 15 is 0 Å². The summed E-state index contributed by atoms with van der Waals surface area (Å²) in [7, 11) is 1.41. The fourth-order valence-corrected chi connectivity index (χ4v) is 3.36. The van der Waals surface area contributed by atoms with Gasteiger partial charge in [-0.2, -0.15) is 0 Å². The minimum atomic E-state index is -0.992. The number of Topliss-reactive ketones (excluding diaryl/α,β-unsaturated/α-hetero) is 1. The first-order valence-electron chi connectivity index (χ1n) is 9.14. The number of amides is 2. The molecule has 0 aliphatic carbocycles. The highest BCUT2D eigenvalue weighted by Crippen LogP contribution is 2.41. The first-order valence-corrected chi connectivity index (χ1v) is 9.14. The number of nitrogens with zero attached hydrogens (tertiary/aromatic N) is 1. The summed E-state index contributed by atoms with van der Waals surface area (Å²) >= 11 is 0. The largest absolute Gasteiger partial charge is 0.493 e. The fourth-order valence-electron chi connectivity index (χ4n) is 3.36. The monoisotopic (exact) mass is 411 g/mol. The predicted octanol–water partition coefficient (Wildman–Crippen LogP) is 3.40. The minimum absolute atomic E-state index is 0.128. The number of urea groups is 1. The standard InChI is InChI=1S/C21H21N3O6/c1-12-19(13(2)25)20(23-21(26)22-12)15-9-17(29-3)18(10-16(15)24(27)28)30-11-14-7-5-4-6-8-14/h4-10,20H,11H2,1-3H3,(H2,22,23,26)/t20-/m1/s1. The molecule has 2 amide bonds. The Bertz CT molecular complexity index is 1030. The summed E-state index contributed by atoms with van der Waals surface area (Å²) in [6.45, 7) is 3.10. The van der Waals surface area contributed by atoms with Gasteiger partial charge in [0.1, 0.15) is 6.61 Å². The Morgan fingerprint density at radius 2 is 1.90 bits per heavy atom. The van der Waals surface area contributed by atoms with E-state index in [2.05, 4.69) is 10.6 Å². The molecule has 0 spiro atoms. The van der Waals surface area contributed by atoms with E-state index in [1.54, 1.807) is 6.92 Å². The van der Waals surface area contributed by atoms with E-state index in [-0.39, 0.29) is 40.7 Å². The number of hydrogen-bond donors (Lipinski definition) is 2. The Labute approximate surface area is 172 Å². The van der Waals surface area contributed by atoms with Gasteiger partial charge in [0, 0.05) is 11.3 Å². The van der Waals surface area contributed by atoms with Crippen LogP contribution in [0.15, 0.2) is 53.7 Å². The average Bonchev–Trinajstić information content (AvgIpc) is 2.71. The molecule has 1 heterocycles. The highest BCUT2D eigenvalue weighted by atomic mass is 16.6. The molecule has 156 valence electrons. The summed E-state index contributed by atoms with van der Waals surface area (Å²) in [5, 5.41) is 16.9. The first-order chi connectivity index (χ1) is 14.3. The van der Waals surface area contributed by atoms with E-state index in [0.717, 1.165) is 5.56 Å². The number of hydrogen-bond acceptors (Lipinski definition) is 6. The van der Waals surface area contributed by atoms with Crippen molar-refractivity contribution in [2.45, 2.75) is 26.5 Å². The van der Waals surface area contributed by atoms with E-state index < -0.39 is 17.0 Å². The molecular formula is C21H21N3O6. The van der Waals surface area contributed by atoms with Gasteiger partial charge in [-0.05, 0) is 25.5 Å². The van der Waals surface area contributed by atoms with E-state index in [1.807, 2.05) is 30.3 Å². The van der Waals surface area contributed by atoms with Crippen LogP contribution in [0.4, 0.5) is 10.5 Å². The number of methoxy groups -OCH3 is 1. The molecule has 0 aromatic heterocycles. The number of carbonyl (C=O) groups excluding carboxylic acids is 2. The van der Waals surface area contributed by atoms with Crippen LogP contribution < -0.4 is 20.1 Å². The second-order valence-electron chi connectivity index (χ2n) is 6.72. The van der Waals surface area contributed by atoms with Crippen LogP contribution in [0.2, 0.25) is 0 Å². The van der Waals surface area contributed by atoms with Gasteiger partial charge in [-0.3, -0.25) is 14.9 Å². The molecule has 1 atom stereocenters. The quantitative estimate of drug-likeness (QED) is 0.532. The first kappa shape index (κ1) is 20.8. The number of nitro benzene ring substituents is 1. The van der Waals surface area contributed by atoms with Crippen molar-refractivity contribution < 1.29 is 24.0 Å². The lowest BCUT2D eigenvalue weighted by molar-refractivity contribution is -0.385. The predicted molar refractivity (Wildman–Crippen MR) is 108 cm³/mol. The van der Waals surface area contributed by atoms with Crippen molar-refractivity contribution in [3.05, 3.63) is 75.0 Å². The summed E-state index contributed by atoms with van der Waals surface area (Å²) in [4.78, 5) is 35.4. The van der Waals surface area contributed by atoms with Crippen molar-refractivity contribution in [1.82, 2.24) is 10.6 Å². The Morgan fingerprint density at radius 3 is 2.50 bits per heavy atom. The van der Waals surface area contributed by atoms with Crippen LogP contribution in [-0.4, -0.2) is 23.8 Å². The molecule has 9 heteroatoms. The summed E-state index contributed by atoms with van der Waals surface area (Å²) in [5.41, 5.74) is 1.29. The SMILES string of the molecule is COc1cc([C@H]2NC(=O)NC(C)=C2C(C)=O)c([N+](=O)[O-])cc1OCc1ccccc1. The molecule has 2 aromatic carbocycles. The second-order valence-corrected chi connectivity index (χ2v) is 6.72. The lowest BCUT2D eigenvalue weighted by Crippen LogP contribution is -2.44. The molecule has 30 heavy (non-hydrogen) atoms. The topological polar surface area (TPSA) is 120 Å². The number of ketones is 1. The number of nitrogens with one attached hydrogen (secondary N) is 2. The maximum Gasteiger partial charge on any atom is 0.319 e. The van der Waals surface area contributed by atoms with Gasteiger partial charge in [0.25, 0.3) is 5.69 Å². The molecule has 9 nitrogen and oxygen atoms in total. The summed E-state index contributed by atoms with van der Waals surface area (Å²) in [6, 6.07) is 10.5. The molecule has 0 saturated carbocycles. The number of allylic oxidation sites excluding steroid dienone is 1. The Morgan fingerprint density at radius 1 is 1.20 bits per heavy atom. The Kier molecular flexibility index (Phi) is 6.01. The molecule has 0 radical (unpaired) electrons. The molecule has 0 fully saturated rings. The molecule has 2 N–H and O–H groups in total. The van der Waals surface area contributed by atoms with Crippen molar-refractivity contribution in [3.8, 4) is 11.5 Å². The third-order valence-electron chi connectivity index (χ3n) is 4.71. The van der Waals surface area contributed by atoms with Gasteiger partial charge in [0.15, 0.2) is 17.3 Å². The van der Waals surface area contributed by atoms with Crippen molar-refractivity contribution in [2.24, 2.45) is 0 Å². The molecular weight excluding hydrogens is 390 g/mol. The van der Waals surface area contributed by atoms with Crippen LogP contribution in [0, 0.1) is 10.1 Å². The van der Waals surface area contributed by atoms with Gasteiger partial charge in [0.05, 0.1) is 29.7 Å². The fraction of sp³-hybridized carbons (Fsp3) is 0.238. The number of nitro groups is 1. The van der Waals surface area contributed by atoms with E-state index in [1.165, 1.54) is 26.2 Å². The Hall–Kier alpha value is -3.88. The average molecular weight is 411 g/mol. The highest BCUT2D eigenvalue weighted by Gasteiger charge is 2.35. The summed E-state index contributed by atoms with van der Waals surface area (Å²) in [5.74, 6) is 0.115. The smallest absolute Gasteiger partial charge is 0.319 e. The van der Waals surface area contributed by atoms with Crippen molar-refractivity contribution in [2.75, 3.05) is 7.11 Å². The van der Waals surface area contributed by atoms with E-state index in [0.29, 0.717) is 5.70 Å². The third-order valence-corrected chi connectivity index (χ3v) is 4.71. The van der Waals surface area contributed by atoms with Gasteiger partial charge in [-0.1, -0.05) is 30.3 Å². The van der Waals surface area contributed by atoms with Gasteiger partial charge in [-0.15, -0.1) is 0 Å². The van der Waals surface area contributed by atoms with Crippen LogP contribution in [0.5, 0.6) is 11.5 Å². The summed E-state index contributed by atoms with van der Waals surface area (Å²) in [6.07, 6.45) is 0. The van der Waals surface area contributed by atoms with Gasteiger partial charge in [-0.25, -0.2) is 4.79 Å². The zero-order valence-electron chi connectivity index (χ0n) is 16.7. The summed E-state index contributed by atoms with van der Waals surface area (Å²) < 4.78 is 11.1. The van der Waals surface area contributed by atoms with Gasteiger partial charge in [0.2, 0.25) is 0 Å². The highest BCUT2D eigenvalue weighted by molar-refractivity contribution is 5.98. The van der Waals surface area contributed by atoms with Crippen LogP contribution in [0.3, 0.4) is 0 Å². The lowest BCUT2D eigenvalue weighted by atomic mass is 9.91. The van der Waals surface area contributed by atoms with Crippen LogP contribution in [0.1, 0.15) is 31.0 Å². The maximum absolute atomic E-state index is 12.2. The molecule has 0 saturated heterocycles. The van der Waals surface area contributed by atoms with Crippen LogP contribution in [0.25, 0.3) is 0 Å². The molecule has 1 aliphatic rings. The van der Waals surface area contributed by atoms with Crippen LogP contribution >= 0.6 is 0 Å². The molecule has 2 aromatic rings. The molecule has 0 bridgehead atoms. The number of ether oxygens (including phenoxy) is 2.